The van der Waals surface area contributed by atoms with Crippen LogP contribution in [-0.4, -0.2) is 36.4 Å². The van der Waals surface area contributed by atoms with Crippen molar-refractivity contribution in [2.24, 2.45) is 0 Å². The molecular weight excluding hydrogens is 260 g/mol. The number of hydrogen-bond acceptors (Lipinski definition) is 3. The Morgan fingerprint density at radius 1 is 1.25 bits per heavy atom. The highest BCUT2D eigenvalue weighted by atomic mass is 16.5. The van der Waals surface area contributed by atoms with Gasteiger partial charge in [-0.25, -0.2) is 9.59 Å². The Morgan fingerprint density at radius 3 is 2.45 bits per heavy atom. The maximum atomic E-state index is 11.6. The number of carboxylic acid groups (broad SMARTS) is 1. The third-order valence-electron chi connectivity index (χ3n) is 2.49. The summed E-state index contributed by atoms with van der Waals surface area (Å²) in [6, 6.07) is 6.94. The van der Waals surface area contributed by atoms with Crippen LogP contribution in [0.2, 0.25) is 0 Å². The summed E-state index contributed by atoms with van der Waals surface area (Å²) in [6.07, 6.45) is 0.0935. The van der Waals surface area contributed by atoms with Crippen molar-refractivity contribution in [2.45, 2.75) is 26.0 Å². The zero-order chi connectivity index (χ0) is 15.0. The zero-order valence-electron chi connectivity index (χ0n) is 11.6. The van der Waals surface area contributed by atoms with Gasteiger partial charge in [0.05, 0.1) is 12.7 Å². The van der Waals surface area contributed by atoms with Gasteiger partial charge in [0.25, 0.3) is 0 Å². The molecule has 110 valence electrons. The molecule has 0 aliphatic rings. The second-order valence-electron chi connectivity index (χ2n) is 4.50. The zero-order valence-corrected chi connectivity index (χ0v) is 11.6. The lowest BCUT2D eigenvalue weighted by Crippen LogP contribution is -2.42. The SMILES string of the molecule is CC(C)OCCNC(=O)N[C@@H](C(=O)O)c1ccccc1. The molecule has 20 heavy (non-hydrogen) atoms. The van der Waals surface area contributed by atoms with E-state index in [9.17, 15) is 9.59 Å². The van der Waals surface area contributed by atoms with Crippen LogP contribution < -0.4 is 10.6 Å². The van der Waals surface area contributed by atoms with Crippen LogP contribution in [0.3, 0.4) is 0 Å². The van der Waals surface area contributed by atoms with E-state index >= 15 is 0 Å². The molecule has 0 aliphatic heterocycles. The third kappa shape index (κ3) is 5.71. The van der Waals surface area contributed by atoms with Crippen molar-refractivity contribution in [3.05, 3.63) is 35.9 Å². The summed E-state index contributed by atoms with van der Waals surface area (Å²) < 4.78 is 5.27. The van der Waals surface area contributed by atoms with Crippen molar-refractivity contribution in [1.29, 1.82) is 0 Å². The van der Waals surface area contributed by atoms with Crippen LogP contribution in [0.1, 0.15) is 25.5 Å². The van der Waals surface area contributed by atoms with Gasteiger partial charge in [-0.3, -0.25) is 0 Å². The molecule has 6 heteroatoms. The fraction of sp³-hybridized carbons (Fsp3) is 0.429. The molecule has 3 N–H and O–H groups in total. The number of amides is 2. The van der Waals surface area contributed by atoms with Crippen LogP contribution in [0.5, 0.6) is 0 Å². The van der Waals surface area contributed by atoms with Crippen molar-refractivity contribution in [3.8, 4) is 0 Å². The number of ether oxygens (including phenoxy) is 1. The molecule has 0 unspecified atom stereocenters. The molecule has 0 spiro atoms. The molecule has 1 rings (SSSR count). The number of benzene rings is 1. The quantitative estimate of drug-likeness (QED) is 0.661. The Labute approximate surface area is 118 Å². The number of urea groups is 1. The van der Waals surface area contributed by atoms with Gasteiger partial charge in [-0.15, -0.1) is 0 Å². The van der Waals surface area contributed by atoms with Crippen LogP contribution in [-0.2, 0) is 9.53 Å². The summed E-state index contributed by atoms with van der Waals surface area (Å²) in [7, 11) is 0. The van der Waals surface area contributed by atoms with E-state index in [0.29, 0.717) is 18.7 Å². The number of carboxylic acids is 1. The standard InChI is InChI=1S/C14H20N2O4/c1-10(2)20-9-8-15-14(19)16-12(13(17)18)11-6-4-3-5-7-11/h3-7,10,12H,8-9H2,1-2H3,(H,17,18)(H2,15,16,19)/t12-/m1/s1. The lowest BCUT2D eigenvalue weighted by Gasteiger charge is -2.15. The van der Waals surface area contributed by atoms with Crippen molar-refractivity contribution in [3.63, 3.8) is 0 Å². The predicted molar refractivity (Wildman–Crippen MR) is 74.4 cm³/mol. The van der Waals surface area contributed by atoms with Gasteiger partial charge in [-0.2, -0.15) is 0 Å². The summed E-state index contributed by atoms with van der Waals surface area (Å²) in [5.41, 5.74) is 0.522. The summed E-state index contributed by atoms with van der Waals surface area (Å²) in [5, 5.41) is 14.1. The summed E-state index contributed by atoms with van der Waals surface area (Å²) in [6.45, 7) is 4.51. The molecule has 0 bridgehead atoms. The normalized spacial score (nSPS) is 11.9. The Balaban J connectivity index is 2.46. The number of hydrogen-bond donors (Lipinski definition) is 3. The Kier molecular flexibility index (Phi) is 6.52. The van der Waals surface area contributed by atoms with E-state index in [1.54, 1.807) is 30.3 Å². The lowest BCUT2D eigenvalue weighted by molar-refractivity contribution is -0.139. The monoisotopic (exact) mass is 280 g/mol. The first kappa shape index (κ1) is 16.0. The minimum absolute atomic E-state index is 0.0935. The molecule has 0 aromatic heterocycles. The molecule has 0 heterocycles. The molecule has 6 nitrogen and oxygen atoms in total. The minimum Gasteiger partial charge on any atom is -0.479 e. The first-order valence-corrected chi connectivity index (χ1v) is 6.44. The first-order chi connectivity index (χ1) is 9.50. The van der Waals surface area contributed by atoms with E-state index in [-0.39, 0.29) is 6.10 Å². The van der Waals surface area contributed by atoms with Crippen LogP contribution in [0.25, 0.3) is 0 Å². The molecule has 1 aromatic rings. The van der Waals surface area contributed by atoms with Crippen LogP contribution in [0.4, 0.5) is 4.79 Å². The number of nitrogens with one attached hydrogen (secondary N) is 2. The largest absolute Gasteiger partial charge is 0.479 e. The van der Waals surface area contributed by atoms with E-state index in [4.69, 9.17) is 9.84 Å². The average Bonchev–Trinajstić information content (AvgIpc) is 2.41. The molecule has 1 atom stereocenters. The molecule has 1 aromatic carbocycles. The topological polar surface area (TPSA) is 87.7 Å². The molecule has 0 aliphatic carbocycles. The fourth-order valence-electron chi connectivity index (χ4n) is 1.57. The third-order valence-corrected chi connectivity index (χ3v) is 2.49. The molecule has 0 saturated heterocycles. The van der Waals surface area contributed by atoms with E-state index in [2.05, 4.69) is 10.6 Å². The number of carbonyl (C=O) groups excluding carboxylic acids is 1. The highest BCUT2D eigenvalue weighted by molar-refractivity contribution is 5.83. The molecule has 0 fully saturated rings. The van der Waals surface area contributed by atoms with Crippen molar-refractivity contribution >= 4 is 12.0 Å². The predicted octanol–water partition coefficient (Wildman–Crippen LogP) is 1.54. The number of carbonyl (C=O) groups is 2. The summed E-state index contributed by atoms with van der Waals surface area (Å²) >= 11 is 0. The Hall–Kier alpha value is -2.08. The molecule has 0 saturated carbocycles. The second kappa shape index (κ2) is 8.16. The van der Waals surface area contributed by atoms with Crippen LogP contribution in [0.15, 0.2) is 30.3 Å². The van der Waals surface area contributed by atoms with Gasteiger partial charge in [-0.05, 0) is 19.4 Å². The van der Waals surface area contributed by atoms with Gasteiger partial charge >= 0.3 is 12.0 Å². The molecule has 2 amide bonds. The van der Waals surface area contributed by atoms with Crippen molar-refractivity contribution in [2.75, 3.05) is 13.2 Å². The van der Waals surface area contributed by atoms with Gasteiger partial charge in [-0.1, -0.05) is 30.3 Å². The van der Waals surface area contributed by atoms with Gasteiger partial charge in [0.2, 0.25) is 0 Å². The maximum Gasteiger partial charge on any atom is 0.330 e. The van der Waals surface area contributed by atoms with Crippen molar-refractivity contribution < 1.29 is 19.4 Å². The minimum atomic E-state index is -1.11. The first-order valence-electron chi connectivity index (χ1n) is 6.44. The van der Waals surface area contributed by atoms with E-state index < -0.39 is 18.0 Å². The van der Waals surface area contributed by atoms with E-state index in [1.165, 1.54) is 0 Å². The van der Waals surface area contributed by atoms with Gasteiger partial charge in [0.15, 0.2) is 6.04 Å². The van der Waals surface area contributed by atoms with E-state index in [0.717, 1.165) is 0 Å². The van der Waals surface area contributed by atoms with E-state index in [1.807, 2.05) is 13.8 Å². The van der Waals surface area contributed by atoms with Crippen molar-refractivity contribution in [1.82, 2.24) is 10.6 Å². The summed E-state index contributed by atoms with van der Waals surface area (Å²) in [4.78, 5) is 22.8. The highest BCUT2D eigenvalue weighted by Crippen LogP contribution is 2.12. The fourth-order valence-corrected chi connectivity index (χ4v) is 1.57. The lowest BCUT2D eigenvalue weighted by atomic mass is 10.1. The number of aliphatic carboxylic acids is 1. The molecule has 0 radical (unpaired) electrons. The van der Waals surface area contributed by atoms with Crippen LogP contribution in [0, 0.1) is 0 Å². The number of rotatable bonds is 7. The maximum absolute atomic E-state index is 11.6. The Bertz CT molecular complexity index is 434. The van der Waals surface area contributed by atoms with Crippen LogP contribution >= 0.6 is 0 Å². The van der Waals surface area contributed by atoms with Gasteiger partial charge < -0.3 is 20.5 Å². The summed E-state index contributed by atoms with van der Waals surface area (Å²) in [5.74, 6) is -1.11. The average molecular weight is 280 g/mol. The van der Waals surface area contributed by atoms with Gasteiger partial charge in [0.1, 0.15) is 0 Å². The Morgan fingerprint density at radius 2 is 1.90 bits per heavy atom. The highest BCUT2D eigenvalue weighted by Gasteiger charge is 2.21. The molecular formula is C14H20N2O4. The smallest absolute Gasteiger partial charge is 0.330 e. The van der Waals surface area contributed by atoms with Gasteiger partial charge in [0, 0.05) is 6.54 Å². The second-order valence-corrected chi connectivity index (χ2v) is 4.50.